The molecule has 2 fully saturated rings. The van der Waals surface area contributed by atoms with E-state index in [1.165, 1.54) is 49.5 Å². The van der Waals surface area contributed by atoms with E-state index in [9.17, 15) is 24.0 Å². The molecule has 366 valence electrons. The first-order valence-electron chi connectivity index (χ1n) is 22.9. The summed E-state index contributed by atoms with van der Waals surface area (Å²) in [6, 6.07) is 16.2. The van der Waals surface area contributed by atoms with Gasteiger partial charge in [0.15, 0.2) is 5.15 Å². The molecule has 7 heterocycles. The SMILES string of the molecule is Cc1c(-c2cc(Nc3ccc(C(=O)N4CCCOCC4)cn3)c(=O)n(C)n2)cccc1-n1ncc2cc(C(C)(C)Cc3cc(Nc4cc(Cl)nn(C)c4=O)ncc3C(=O)N3CCOCC3)cc(F)c2c1=O. The molecule has 2 amide bonds. The minimum Gasteiger partial charge on any atom is -0.380 e. The van der Waals surface area contributed by atoms with E-state index in [4.69, 9.17) is 21.1 Å². The molecule has 0 aliphatic carbocycles. The molecule has 7 aromatic rings. The number of hydrogen-bond acceptors (Lipinski definition) is 14. The summed E-state index contributed by atoms with van der Waals surface area (Å²) in [5.74, 6) is -0.535. The number of nitrogens with zero attached hydrogens (tertiary/aromatic N) is 10. The van der Waals surface area contributed by atoms with Crippen LogP contribution in [0.5, 0.6) is 0 Å². The van der Waals surface area contributed by atoms with Crippen molar-refractivity contribution in [2.75, 3.05) is 63.2 Å². The normalized spacial score (nSPS) is 14.4. The highest BCUT2D eigenvalue weighted by Gasteiger charge is 2.29. The van der Waals surface area contributed by atoms with Crippen LogP contribution in [0.3, 0.4) is 0 Å². The van der Waals surface area contributed by atoms with E-state index < -0.39 is 27.9 Å². The van der Waals surface area contributed by atoms with Crippen LogP contribution in [0.15, 0.2) is 93.6 Å². The van der Waals surface area contributed by atoms with Crippen molar-refractivity contribution in [1.82, 2.24) is 49.1 Å². The Morgan fingerprint density at radius 2 is 1.44 bits per heavy atom. The van der Waals surface area contributed by atoms with E-state index in [1.54, 1.807) is 65.3 Å². The zero-order chi connectivity index (χ0) is 50.1. The molecule has 71 heavy (non-hydrogen) atoms. The summed E-state index contributed by atoms with van der Waals surface area (Å²) in [5, 5.41) is 19.3. The van der Waals surface area contributed by atoms with Crippen molar-refractivity contribution in [2.45, 2.75) is 39.0 Å². The Balaban J connectivity index is 0.999. The number of nitrogens with one attached hydrogen (secondary N) is 2. The lowest BCUT2D eigenvalue weighted by Gasteiger charge is -2.30. The van der Waals surface area contributed by atoms with Crippen LogP contribution in [0.25, 0.3) is 27.7 Å². The number of rotatable bonds is 11. The number of halogens is 2. The van der Waals surface area contributed by atoms with E-state index in [0.717, 1.165) is 15.8 Å². The highest BCUT2D eigenvalue weighted by atomic mass is 35.5. The molecule has 0 radical (unpaired) electrons. The number of ether oxygens (including phenoxy) is 2. The van der Waals surface area contributed by atoms with Crippen LogP contribution < -0.4 is 27.3 Å². The van der Waals surface area contributed by atoms with Gasteiger partial charge in [0, 0.05) is 76.3 Å². The van der Waals surface area contributed by atoms with Crippen molar-refractivity contribution < 1.29 is 23.5 Å². The summed E-state index contributed by atoms with van der Waals surface area (Å²) >= 11 is 6.16. The van der Waals surface area contributed by atoms with Crippen LogP contribution in [-0.2, 0) is 35.4 Å². The number of anilines is 4. The van der Waals surface area contributed by atoms with Gasteiger partial charge in [-0.15, -0.1) is 0 Å². The highest BCUT2D eigenvalue weighted by Crippen LogP contribution is 2.34. The second-order valence-electron chi connectivity index (χ2n) is 18.0. The van der Waals surface area contributed by atoms with Gasteiger partial charge < -0.3 is 29.9 Å². The van der Waals surface area contributed by atoms with Gasteiger partial charge in [0.05, 0.1) is 53.9 Å². The summed E-state index contributed by atoms with van der Waals surface area (Å²) < 4.78 is 31.0. The molecule has 2 aliphatic heterocycles. The lowest BCUT2D eigenvalue weighted by molar-refractivity contribution is 0.0301. The summed E-state index contributed by atoms with van der Waals surface area (Å²) in [5.41, 5.74) is 1.71. The van der Waals surface area contributed by atoms with Gasteiger partial charge in [0.1, 0.15) is 28.8 Å². The fourth-order valence-corrected chi connectivity index (χ4v) is 9.06. The van der Waals surface area contributed by atoms with E-state index >= 15 is 4.39 Å². The molecule has 2 saturated heterocycles. The fourth-order valence-electron chi connectivity index (χ4n) is 8.84. The first kappa shape index (κ1) is 48.3. The number of morpholine rings is 1. The van der Waals surface area contributed by atoms with Gasteiger partial charge in [0.2, 0.25) is 0 Å². The molecule has 0 saturated carbocycles. The molecule has 21 heteroatoms. The van der Waals surface area contributed by atoms with Crippen molar-refractivity contribution in [1.29, 1.82) is 0 Å². The second-order valence-corrected chi connectivity index (χ2v) is 18.4. The maximum atomic E-state index is 16.6. The topological polar surface area (TPSA) is 214 Å². The smallest absolute Gasteiger partial charge is 0.290 e. The Labute approximate surface area is 410 Å². The van der Waals surface area contributed by atoms with Gasteiger partial charge in [-0.05, 0) is 84.3 Å². The molecule has 5 aromatic heterocycles. The Bertz CT molecular complexity index is 3400. The van der Waals surface area contributed by atoms with Crippen molar-refractivity contribution in [3.05, 3.63) is 149 Å². The average Bonchev–Trinajstić information content (AvgIpc) is 3.65. The van der Waals surface area contributed by atoms with Crippen molar-refractivity contribution in [3.8, 4) is 16.9 Å². The van der Waals surface area contributed by atoms with Crippen molar-refractivity contribution in [3.63, 3.8) is 0 Å². The van der Waals surface area contributed by atoms with E-state index in [1.807, 2.05) is 13.8 Å². The zero-order valence-corrected chi connectivity index (χ0v) is 40.4. The minimum absolute atomic E-state index is 0.0905. The summed E-state index contributed by atoms with van der Waals surface area (Å²) in [6.45, 7) is 9.34. The van der Waals surface area contributed by atoms with Gasteiger partial charge in [0.25, 0.3) is 28.5 Å². The lowest BCUT2D eigenvalue weighted by atomic mass is 9.77. The average molecular weight is 985 g/mol. The van der Waals surface area contributed by atoms with E-state index in [-0.39, 0.29) is 51.4 Å². The van der Waals surface area contributed by atoms with E-state index in [0.29, 0.717) is 103 Å². The Morgan fingerprint density at radius 3 is 2.17 bits per heavy atom. The second kappa shape index (κ2) is 20.0. The predicted molar refractivity (Wildman–Crippen MR) is 265 cm³/mol. The fraction of sp³-hybridized carbons (Fsp3) is 0.320. The monoisotopic (exact) mass is 984 g/mol. The number of amides is 2. The van der Waals surface area contributed by atoms with Crippen molar-refractivity contribution >= 4 is 57.2 Å². The van der Waals surface area contributed by atoms with Crippen LogP contribution >= 0.6 is 11.6 Å². The maximum Gasteiger partial charge on any atom is 0.290 e. The number of benzene rings is 2. The van der Waals surface area contributed by atoms with E-state index in [2.05, 4.69) is 35.9 Å². The van der Waals surface area contributed by atoms with Gasteiger partial charge in [-0.2, -0.15) is 20.0 Å². The van der Waals surface area contributed by atoms with Crippen LogP contribution in [0.1, 0.15) is 57.7 Å². The third-order valence-electron chi connectivity index (χ3n) is 12.7. The number of aromatic nitrogens is 8. The largest absolute Gasteiger partial charge is 0.380 e. The molecule has 0 unspecified atom stereocenters. The molecule has 2 aromatic carbocycles. The Kier molecular flexibility index (Phi) is 13.6. The molecule has 0 spiro atoms. The minimum atomic E-state index is -0.832. The molecule has 2 N–H and O–H groups in total. The number of aryl methyl sites for hydroxylation is 2. The molecule has 0 bridgehead atoms. The number of carbonyl (C=O) groups excluding carboxylic acids is 2. The summed E-state index contributed by atoms with van der Waals surface area (Å²) in [7, 11) is 2.99. The quantitative estimate of drug-likeness (QED) is 0.165. The van der Waals surface area contributed by atoms with Crippen molar-refractivity contribution in [2.24, 2.45) is 14.1 Å². The van der Waals surface area contributed by atoms with Gasteiger partial charge in [-0.3, -0.25) is 24.0 Å². The zero-order valence-electron chi connectivity index (χ0n) is 39.7. The number of hydrogen-bond donors (Lipinski definition) is 2. The van der Waals surface area contributed by atoms with Crippen LogP contribution in [0.4, 0.5) is 27.4 Å². The van der Waals surface area contributed by atoms with Gasteiger partial charge in [-0.25, -0.2) is 23.7 Å². The van der Waals surface area contributed by atoms with Crippen LogP contribution in [0, 0.1) is 12.7 Å². The van der Waals surface area contributed by atoms with Gasteiger partial charge in [-0.1, -0.05) is 37.6 Å². The predicted octanol–water partition coefficient (Wildman–Crippen LogP) is 5.47. The number of carbonyl (C=O) groups is 2. The lowest BCUT2D eigenvalue weighted by Crippen LogP contribution is -2.41. The molecular formula is C50H50ClFN12O7. The molecule has 19 nitrogen and oxygen atoms in total. The summed E-state index contributed by atoms with van der Waals surface area (Å²) in [4.78, 5) is 79.9. The number of pyridine rings is 2. The molecule has 2 aliphatic rings. The first-order chi connectivity index (χ1) is 34.1. The number of fused-ring (bicyclic) bond motifs is 1. The van der Waals surface area contributed by atoms with Crippen LogP contribution in [-0.4, -0.2) is 114 Å². The standard InChI is InChI=1S/C50H50ClFN12O7/c1-29-34(37-23-38(47(67)60(4)58-37)56-42-11-10-30(26-53-42)45(65)62-12-7-16-70-17-13-62)8-6-9-40(29)64-49(69)44-32(27-55-64)20-33(22-36(44)52)50(2,3)25-31-21-43(57-39-24-41(51)59-61(5)48(39)68)54-28-35(31)46(66)63-14-18-71-19-15-63/h6,8-11,20-24,26-28H,7,12-19,25H2,1-5H3,(H,53,56)(H,54,57). The third kappa shape index (κ3) is 10.0. The highest BCUT2D eigenvalue weighted by molar-refractivity contribution is 6.29. The summed E-state index contributed by atoms with van der Waals surface area (Å²) in [6.07, 6.45) is 5.34. The Morgan fingerprint density at radius 1 is 0.761 bits per heavy atom. The van der Waals surface area contributed by atoms with Gasteiger partial charge >= 0.3 is 0 Å². The molecular weight excluding hydrogens is 935 g/mol. The maximum absolute atomic E-state index is 16.6. The molecule has 0 atom stereocenters. The molecule has 9 rings (SSSR count). The Hall–Kier alpha value is -7.68. The third-order valence-corrected chi connectivity index (χ3v) is 12.9. The first-order valence-corrected chi connectivity index (χ1v) is 23.3. The van der Waals surface area contributed by atoms with Crippen LogP contribution in [0.2, 0.25) is 5.15 Å².